The van der Waals surface area contributed by atoms with Crippen LogP contribution < -0.4 is 0 Å². The Morgan fingerprint density at radius 3 is 2.14 bits per heavy atom. The zero-order chi connectivity index (χ0) is 16.2. The van der Waals surface area contributed by atoms with Crippen LogP contribution in [-0.2, 0) is 14.9 Å². The molecule has 0 bridgehead atoms. The highest BCUT2D eigenvalue weighted by Crippen LogP contribution is 2.16. The molecule has 1 amide bonds. The minimum atomic E-state index is -3.68. The maximum absolute atomic E-state index is 12.2. The zero-order valence-corrected chi connectivity index (χ0v) is 13.8. The Balaban J connectivity index is 2.96. The Labute approximate surface area is 126 Å². The van der Waals surface area contributed by atoms with Gasteiger partial charge in [0.15, 0.2) is 0 Å². The van der Waals surface area contributed by atoms with Gasteiger partial charge in [-0.25, -0.2) is 8.42 Å². The van der Waals surface area contributed by atoms with Crippen molar-refractivity contribution in [1.29, 1.82) is 0 Å². The summed E-state index contributed by atoms with van der Waals surface area (Å²) in [5.41, 5.74) is 0.456. The third-order valence-electron chi connectivity index (χ3n) is 2.98. The van der Waals surface area contributed by atoms with Crippen molar-refractivity contribution in [3.63, 3.8) is 0 Å². The van der Waals surface area contributed by atoms with Crippen LogP contribution in [0.4, 0.5) is 0 Å². The highest BCUT2D eigenvalue weighted by atomic mass is 32.2. The van der Waals surface area contributed by atoms with E-state index in [0.29, 0.717) is 18.0 Å². The number of hydrogen-bond donors (Lipinski definition) is 0. The van der Waals surface area contributed by atoms with E-state index >= 15 is 0 Å². The highest BCUT2D eigenvalue weighted by Gasteiger charge is 2.21. The number of hydroxylamine groups is 1. The van der Waals surface area contributed by atoms with Gasteiger partial charge in [-0.15, -0.1) is 0 Å². The van der Waals surface area contributed by atoms with Crippen molar-refractivity contribution in [3.05, 3.63) is 29.8 Å². The normalized spacial score (nSPS) is 12.0. The van der Waals surface area contributed by atoms with E-state index in [1.54, 1.807) is 11.9 Å². The fraction of sp³-hybridized carbons (Fsp3) is 0.500. The molecule has 0 fully saturated rings. The van der Waals surface area contributed by atoms with Gasteiger partial charge >= 0.3 is 0 Å². The molecule has 1 aromatic carbocycles. The number of benzene rings is 1. The molecular formula is C14H22N2O4S. The van der Waals surface area contributed by atoms with Crippen LogP contribution >= 0.6 is 0 Å². The van der Waals surface area contributed by atoms with Crippen molar-refractivity contribution >= 4 is 15.9 Å². The topological polar surface area (TPSA) is 66.9 Å². The molecule has 0 atom stereocenters. The Morgan fingerprint density at radius 2 is 1.71 bits per heavy atom. The molecule has 118 valence electrons. The number of sulfonamides is 1. The van der Waals surface area contributed by atoms with Crippen LogP contribution in [-0.4, -0.2) is 51.4 Å². The molecule has 0 heterocycles. The second kappa shape index (κ2) is 7.02. The molecule has 1 rings (SSSR count). The van der Waals surface area contributed by atoms with Gasteiger partial charge in [0.1, 0.15) is 0 Å². The third kappa shape index (κ3) is 4.26. The van der Waals surface area contributed by atoms with Crippen molar-refractivity contribution in [1.82, 2.24) is 9.37 Å². The van der Waals surface area contributed by atoms with Gasteiger partial charge in [-0.3, -0.25) is 9.63 Å². The monoisotopic (exact) mass is 314 g/mol. The van der Waals surface area contributed by atoms with Gasteiger partial charge in [-0.05, 0) is 30.2 Å². The Bertz CT molecular complexity index is 581. The summed E-state index contributed by atoms with van der Waals surface area (Å²) >= 11 is 0. The summed E-state index contributed by atoms with van der Waals surface area (Å²) in [6, 6.07) is 5.83. The first-order valence-corrected chi connectivity index (χ1v) is 8.02. The fourth-order valence-corrected chi connectivity index (χ4v) is 2.84. The average molecular weight is 314 g/mol. The SMILES string of the molecule is CON(C)S(=O)(=O)c1ccc(C(=O)N(C)CC(C)C)cc1. The minimum absolute atomic E-state index is 0.0786. The summed E-state index contributed by atoms with van der Waals surface area (Å²) < 4.78 is 24.8. The number of carbonyl (C=O) groups is 1. The largest absolute Gasteiger partial charge is 0.341 e. The Kier molecular flexibility index (Phi) is 5.88. The van der Waals surface area contributed by atoms with Gasteiger partial charge in [0.25, 0.3) is 15.9 Å². The summed E-state index contributed by atoms with van der Waals surface area (Å²) in [6.45, 7) is 4.70. The lowest BCUT2D eigenvalue weighted by Crippen LogP contribution is -2.30. The summed E-state index contributed by atoms with van der Waals surface area (Å²) in [6.07, 6.45) is 0. The van der Waals surface area contributed by atoms with Crippen molar-refractivity contribution < 1.29 is 18.0 Å². The van der Waals surface area contributed by atoms with Gasteiger partial charge in [0.2, 0.25) is 0 Å². The molecule has 0 N–H and O–H groups in total. The molecule has 0 aliphatic carbocycles. The van der Waals surface area contributed by atoms with E-state index in [9.17, 15) is 13.2 Å². The molecule has 7 heteroatoms. The molecule has 0 unspecified atom stereocenters. The van der Waals surface area contributed by atoms with Crippen LogP contribution in [0.3, 0.4) is 0 Å². The minimum Gasteiger partial charge on any atom is -0.341 e. The van der Waals surface area contributed by atoms with Crippen molar-refractivity contribution in [2.45, 2.75) is 18.7 Å². The van der Waals surface area contributed by atoms with Crippen LogP contribution in [0, 0.1) is 5.92 Å². The van der Waals surface area contributed by atoms with Gasteiger partial charge < -0.3 is 4.90 Å². The molecule has 21 heavy (non-hydrogen) atoms. The van der Waals surface area contributed by atoms with Crippen molar-refractivity contribution in [2.75, 3.05) is 27.7 Å². The molecule has 0 aromatic heterocycles. The molecule has 0 saturated heterocycles. The first-order valence-electron chi connectivity index (χ1n) is 6.58. The lowest BCUT2D eigenvalue weighted by molar-refractivity contribution is -0.0258. The number of rotatable bonds is 6. The van der Waals surface area contributed by atoms with E-state index in [1.807, 2.05) is 13.8 Å². The molecule has 6 nitrogen and oxygen atoms in total. The quantitative estimate of drug-likeness (QED) is 0.748. The molecule has 0 aliphatic rings. The van der Waals surface area contributed by atoms with E-state index < -0.39 is 10.0 Å². The van der Waals surface area contributed by atoms with Crippen LogP contribution in [0.1, 0.15) is 24.2 Å². The lowest BCUT2D eigenvalue weighted by atomic mass is 10.1. The van der Waals surface area contributed by atoms with Crippen molar-refractivity contribution in [3.8, 4) is 0 Å². The van der Waals surface area contributed by atoms with Crippen LogP contribution in [0.5, 0.6) is 0 Å². The van der Waals surface area contributed by atoms with Gasteiger partial charge in [0, 0.05) is 26.2 Å². The molecule has 0 aliphatic heterocycles. The number of nitrogens with zero attached hydrogens (tertiary/aromatic N) is 2. The van der Waals surface area contributed by atoms with Gasteiger partial charge in [-0.1, -0.05) is 18.3 Å². The summed E-state index contributed by atoms with van der Waals surface area (Å²) in [4.78, 5) is 18.6. The van der Waals surface area contributed by atoms with E-state index in [1.165, 1.54) is 38.4 Å². The zero-order valence-electron chi connectivity index (χ0n) is 13.0. The predicted molar refractivity (Wildman–Crippen MR) is 80.2 cm³/mol. The van der Waals surface area contributed by atoms with Crippen LogP contribution in [0.15, 0.2) is 29.2 Å². The first-order chi connectivity index (χ1) is 9.70. The number of hydrogen-bond acceptors (Lipinski definition) is 4. The predicted octanol–water partition coefficient (Wildman–Crippen LogP) is 1.60. The van der Waals surface area contributed by atoms with Gasteiger partial charge in [-0.2, -0.15) is 0 Å². The first kappa shape index (κ1) is 17.6. The molecule has 0 saturated carbocycles. The second-order valence-corrected chi connectivity index (χ2v) is 7.14. The van der Waals surface area contributed by atoms with Crippen LogP contribution in [0.25, 0.3) is 0 Å². The molecule has 0 radical (unpaired) electrons. The smallest absolute Gasteiger partial charge is 0.264 e. The molecular weight excluding hydrogens is 292 g/mol. The molecule has 0 spiro atoms. The summed E-state index contributed by atoms with van der Waals surface area (Å²) in [5.74, 6) is 0.238. The Hall–Kier alpha value is -1.44. The second-order valence-electron chi connectivity index (χ2n) is 5.20. The van der Waals surface area contributed by atoms with Gasteiger partial charge in [0.05, 0.1) is 12.0 Å². The van der Waals surface area contributed by atoms with E-state index in [2.05, 4.69) is 0 Å². The molecule has 1 aromatic rings. The highest BCUT2D eigenvalue weighted by molar-refractivity contribution is 7.89. The number of carbonyl (C=O) groups excluding carboxylic acids is 1. The van der Waals surface area contributed by atoms with E-state index in [-0.39, 0.29) is 10.8 Å². The maximum atomic E-state index is 12.2. The van der Waals surface area contributed by atoms with Crippen molar-refractivity contribution in [2.24, 2.45) is 5.92 Å². The average Bonchev–Trinajstić information content (AvgIpc) is 2.44. The number of amides is 1. The fourth-order valence-electron chi connectivity index (χ4n) is 1.87. The summed E-state index contributed by atoms with van der Waals surface area (Å²) in [5, 5.41) is 0. The van der Waals surface area contributed by atoms with Crippen LogP contribution in [0.2, 0.25) is 0 Å². The standard InChI is InChI=1S/C14H22N2O4S/c1-11(2)10-15(3)14(17)12-6-8-13(9-7-12)21(18,19)16(4)20-5/h6-9,11H,10H2,1-5H3. The third-order valence-corrected chi connectivity index (χ3v) is 4.67. The Morgan fingerprint density at radius 1 is 1.19 bits per heavy atom. The maximum Gasteiger partial charge on any atom is 0.264 e. The van der Waals surface area contributed by atoms with E-state index in [4.69, 9.17) is 4.84 Å². The summed E-state index contributed by atoms with van der Waals surface area (Å²) in [7, 11) is 0.628. The lowest BCUT2D eigenvalue weighted by Gasteiger charge is -2.19. The van der Waals surface area contributed by atoms with E-state index in [0.717, 1.165) is 4.47 Å².